The zero-order valence-electron chi connectivity index (χ0n) is 10.6. The first-order chi connectivity index (χ1) is 8.06. The van der Waals surface area contributed by atoms with Crippen LogP contribution >= 0.6 is 15.9 Å². The Bertz CT molecular complexity index is 392. The zero-order valence-corrected chi connectivity index (χ0v) is 12.2. The summed E-state index contributed by atoms with van der Waals surface area (Å²) in [6.45, 7) is 6.89. The highest BCUT2D eigenvalue weighted by atomic mass is 79.9. The van der Waals surface area contributed by atoms with Gasteiger partial charge in [-0.05, 0) is 59.3 Å². The van der Waals surface area contributed by atoms with Gasteiger partial charge in [-0.3, -0.25) is 4.90 Å². The van der Waals surface area contributed by atoms with Crippen molar-refractivity contribution in [2.45, 2.75) is 39.3 Å². The Kier molecular flexibility index (Phi) is 4.10. The molecule has 0 radical (unpaired) electrons. The van der Waals surface area contributed by atoms with Gasteiger partial charge in [0.05, 0.1) is 0 Å². The van der Waals surface area contributed by atoms with Crippen molar-refractivity contribution in [3.8, 4) is 0 Å². The second-order valence-corrected chi connectivity index (χ2v) is 6.17. The Balaban J connectivity index is 2.06. The van der Waals surface area contributed by atoms with Crippen molar-refractivity contribution >= 4 is 21.6 Å². The second kappa shape index (κ2) is 5.40. The molecular formula is C14H21BrN2. The van der Waals surface area contributed by atoms with E-state index in [4.69, 9.17) is 5.73 Å². The van der Waals surface area contributed by atoms with E-state index >= 15 is 0 Å². The molecule has 1 aromatic rings. The first-order valence-electron chi connectivity index (χ1n) is 6.34. The second-order valence-electron chi connectivity index (χ2n) is 5.32. The van der Waals surface area contributed by atoms with Crippen LogP contribution in [0.15, 0.2) is 22.7 Å². The molecule has 1 heterocycles. The number of halogens is 1. The molecule has 2 N–H and O–H groups in total. The van der Waals surface area contributed by atoms with E-state index in [0.717, 1.165) is 22.6 Å². The summed E-state index contributed by atoms with van der Waals surface area (Å²) in [4.78, 5) is 2.57. The number of anilines is 1. The summed E-state index contributed by atoms with van der Waals surface area (Å²) < 4.78 is 0.987. The molecule has 0 saturated carbocycles. The molecule has 1 fully saturated rings. The minimum Gasteiger partial charge on any atom is -0.398 e. The van der Waals surface area contributed by atoms with E-state index < -0.39 is 0 Å². The third-order valence-corrected chi connectivity index (χ3v) is 4.42. The van der Waals surface area contributed by atoms with Crippen molar-refractivity contribution in [1.82, 2.24) is 4.90 Å². The van der Waals surface area contributed by atoms with Gasteiger partial charge in [0.2, 0.25) is 0 Å². The van der Waals surface area contributed by atoms with Crippen molar-refractivity contribution in [2.24, 2.45) is 5.92 Å². The SMILES string of the molecule is CC1CCC(C)N(Cc2ccc(Br)c(N)c2)C1. The molecule has 0 bridgehead atoms. The van der Waals surface area contributed by atoms with Gasteiger partial charge in [-0.2, -0.15) is 0 Å². The van der Waals surface area contributed by atoms with E-state index in [2.05, 4.69) is 46.8 Å². The van der Waals surface area contributed by atoms with Crippen LogP contribution in [0.5, 0.6) is 0 Å². The molecule has 1 saturated heterocycles. The lowest BCUT2D eigenvalue weighted by molar-refractivity contribution is 0.117. The van der Waals surface area contributed by atoms with Crippen LogP contribution in [0, 0.1) is 5.92 Å². The van der Waals surface area contributed by atoms with Crippen LogP contribution in [0.3, 0.4) is 0 Å². The van der Waals surface area contributed by atoms with E-state index in [1.807, 2.05) is 6.07 Å². The lowest BCUT2D eigenvalue weighted by atomic mass is 9.94. The Morgan fingerprint density at radius 1 is 1.35 bits per heavy atom. The number of nitrogens with zero attached hydrogens (tertiary/aromatic N) is 1. The Morgan fingerprint density at radius 2 is 2.12 bits per heavy atom. The summed E-state index contributed by atoms with van der Waals surface area (Å²) in [6.07, 6.45) is 2.67. The third-order valence-electron chi connectivity index (χ3n) is 3.69. The summed E-state index contributed by atoms with van der Waals surface area (Å²) in [5.74, 6) is 0.819. The van der Waals surface area contributed by atoms with Gasteiger partial charge in [-0.15, -0.1) is 0 Å². The van der Waals surface area contributed by atoms with Crippen LogP contribution in [0.4, 0.5) is 5.69 Å². The number of nitrogen functional groups attached to an aromatic ring is 1. The van der Waals surface area contributed by atoms with E-state index in [-0.39, 0.29) is 0 Å². The van der Waals surface area contributed by atoms with Crippen LogP contribution in [0.2, 0.25) is 0 Å². The molecule has 0 aromatic heterocycles. The monoisotopic (exact) mass is 296 g/mol. The fraction of sp³-hybridized carbons (Fsp3) is 0.571. The van der Waals surface area contributed by atoms with Crippen molar-refractivity contribution in [3.05, 3.63) is 28.2 Å². The zero-order chi connectivity index (χ0) is 12.4. The molecule has 3 heteroatoms. The highest BCUT2D eigenvalue weighted by Gasteiger charge is 2.22. The summed E-state index contributed by atoms with van der Waals surface area (Å²) in [6, 6.07) is 6.97. The highest BCUT2D eigenvalue weighted by Crippen LogP contribution is 2.25. The smallest absolute Gasteiger partial charge is 0.0461 e. The molecule has 17 heavy (non-hydrogen) atoms. The fourth-order valence-electron chi connectivity index (χ4n) is 2.53. The normalized spacial score (nSPS) is 26.1. The van der Waals surface area contributed by atoms with Crippen LogP contribution in [-0.4, -0.2) is 17.5 Å². The Labute approximate surface area is 112 Å². The van der Waals surface area contributed by atoms with Gasteiger partial charge in [-0.1, -0.05) is 13.0 Å². The van der Waals surface area contributed by atoms with E-state index in [1.165, 1.54) is 24.9 Å². The van der Waals surface area contributed by atoms with Crippen molar-refractivity contribution in [2.75, 3.05) is 12.3 Å². The maximum Gasteiger partial charge on any atom is 0.0461 e. The minimum absolute atomic E-state index is 0.691. The van der Waals surface area contributed by atoms with E-state index in [0.29, 0.717) is 6.04 Å². The predicted molar refractivity (Wildman–Crippen MR) is 76.8 cm³/mol. The Hall–Kier alpha value is -0.540. The molecule has 0 aliphatic carbocycles. The van der Waals surface area contributed by atoms with Crippen LogP contribution in [0.25, 0.3) is 0 Å². The minimum atomic E-state index is 0.691. The first kappa shape index (κ1) is 12.9. The molecule has 94 valence electrons. The van der Waals surface area contributed by atoms with E-state index in [9.17, 15) is 0 Å². The predicted octanol–water partition coefficient (Wildman–Crippen LogP) is 3.65. The maximum atomic E-state index is 5.92. The lowest BCUT2D eigenvalue weighted by Gasteiger charge is -2.36. The molecule has 2 unspecified atom stereocenters. The molecule has 2 atom stereocenters. The number of likely N-dealkylation sites (tertiary alicyclic amines) is 1. The number of rotatable bonds is 2. The summed E-state index contributed by atoms with van der Waals surface area (Å²) >= 11 is 3.44. The molecule has 1 aromatic carbocycles. The molecular weight excluding hydrogens is 276 g/mol. The molecule has 2 rings (SSSR count). The average molecular weight is 297 g/mol. The molecule has 1 aliphatic rings. The molecule has 1 aliphatic heterocycles. The van der Waals surface area contributed by atoms with Gasteiger partial charge in [-0.25, -0.2) is 0 Å². The van der Waals surface area contributed by atoms with Crippen molar-refractivity contribution < 1.29 is 0 Å². The fourth-order valence-corrected chi connectivity index (χ4v) is 2.77. The van der Waals surface area contributed by atoms with Crippen LogP contribution < -0.4 is 5.73 Å². The topological polar surface area (TPSA) is 29.3 Å². The number of piperidine rings is 1. The van der Waals surface area contributed by atoms with Crippen LogP contribution in [-0.2, 0) is 6.54 Å². The molecule has 2 nitrogen and oxygen atoms in total. The maximum absolute atomic E-state index is 5.92. The van der Waals surface area contributed by atoms with Gasteiger partial charge in [0.1, 0.15) is 0 Å². The highest BCUT2D eigenvalue weighted by molar-refractivity contribution is 9.10. The van der Waals surface area contributed by atoms with Gasteiger partial charge in [0.15, 0.2) is 0 Å². The molecule has 0 spiro atoms. The van der Waals surface area contributed by atoms with Gasteiger partial charge < -0.3 is 5.73 Å². The standard InChI is InChI=1S/C14H21BrN2/c1-10-3-4-11(2)17(8-10)9-12-5-6-13(15)14(16)7-12/h5-7,10-11H,3-4,8-9,16H2,1-2H3. The number of hydrogen-bond acceptors (Lipinski definition) is 2. The largest absolute Gasteiger partial charge is 0.398 e. The number of benzene rings is 1. The van der Waals surface area contributed by atoms with Crippen LogP contribution in [0.1, 0.15) is 32.3 Å². The lowest BCUT2D eigenvalue weighted by Crippen LogP contribution is -2.40. The summed E-state index contributed by atoms with van der Waals surface area (Å²) in [5.41, 5.74) is 8.07. The van der Waals surface area contributed by atoms with Gasteiger partial charge >= 0.3 is 0 Å². The van der Waals surface area contributed by atoms with Gasteiger partial charge in [0.25, 0.3) is 0 Å². The van der Waals surface area contributed by atoms with Gasteiger partial charge in [0, 0.05) is 29.3 Å². The number of hydrogen-bond donors (Lipinski definition) is 1. The number of nitrogens with two attached hydrogens (primary N) is 1. The first-order valence-corrected chi connectivity index (χ1v) is 7.13. The quantitative estimate of drug-likeness (QED) is 0.844. The third kappa shape index (κ3) is 3.23. The molecule has 0 amide bonds. The average Bonchev–Trinajstić information content (AvgIpc) is 2.29. The Morgan fingerprint density at radius 3 is 2.82 bits per heavy atom. The van der Waals surface area contributed by atoms with Crippen molar-refractivity contribution in [1.29, 1.82) is 0 Å². The van der Waals surface area contributed by atoms with E-state index in [1.54, 1.807) is 0 Å². The summed E-state index contributed by atoms with van der Waals surface area (Å²) in [5, 5.41) is 0. The van der Waals surface area contributed by atoms with Crippen molar-refractivity contribution in [3.63, 3.8) is 0 Å². The summed E-state index contributed by atoms with van der Waals surface area (Å²) in [7, 11) is 0.